The third-order valence-corrected chi connectivity index (χ3v) is 3.42. The molecule has 0 radical (unpaired) electrons. The van der Waals surface area contributed by atoms with Gasteiger partial charge in [0.2, 0.25) is 6.29 Å². The maximum absolute atomic E-state index is 11.7. The number of carbonyl (C=O) groups is 1. The minimum absolute atomic E-state index is 0.160. The first kappa shape index (κ1) is 11.9. The topological polar surface area (TPSA) is 35.5 Å². The molecule has 3 nitrogen and oxygen atoms in total. The summed E-state index contributed by atoms with van der Waals surface area (Å²) in [7, 11) is 0. The fourth-order valence-electron chi connectivity index (χ4n) is 0.957. The fourth-order valence-corrected chi connectivity index (χ4v) is 1.69. The van der Waals surface area contributed by atoms with Gasteiger partial charge >= 0.3 is 5.97 Å². The molecule has 0 N–H and O–H groups in total. The van der Waals surface area contributed by atoms with E-state index in [4.69, 9.17) is 9.47 Å². The van der Waals surface area contributed by atoms with Gasteiger partial charge in [0, 0.05) is 5.75 Å². The molecule has 4 heteroatoms. The average molecular weight is 218 g/mol. The van der Waals surface area contributed by atoms with Crippen LogP contribution in [0.5, 0.6) is 0 Å². The first-order chi connectivity index (χ1) is 6.56. The minimum Gasteiger partial charge on any atom is -0.434 e. The molecule has 82 valence electrons. The highest BCUT2D eigenvalue weighted by molar-refractivity contribution is 7.99. The second-order valence-corrected chi connectivity index (χ2v) is 5.17. The van der Waals surface area contributed by atoms with Gasteiger partial charge in [-0.1, -0.05) is 6.92 Å². The van der Waals surface area contributed by atoms with Gasteiger partial charge in [-0.3, -0.25) is 4.79 Å². The van der Waals surface area contributed by atoms with E-state index in [2.05, 4.69) is 0 Å². The number of rotatable bonds is 3. The van der Waals surface area contributed by atoms with Crippen LogP contribution in [0.4, 0.5) is 0 Å². The molecule has 0 aromatic rings. The summed E-state index contributed by atoms with van der Waals surface area (Å²) in [5, 5.41) is 0. The summed E-state index contributed by atoms with van der Waals surface area (Å²) in [5.74, 6) is 1.59. The predicted molar refractivity (Wildman–Crippen MR) is 57.2 cm³/mol. The van der Waals surface area contributed by atoms with Crippen LogP contribution in [0.3, 0.4) is 0 Å². The van der Waals surface area contributed by atoms with Crippen LogP contribution in [0, 0.1) is 5.41 Å². The largest absolute Gasteiger partial charge is 0.434 e. The Labute approximate surface area is 89.5 Å². The molecule has 1 rings (SSSR count). The molecule has 1 aliphatic heterocycles. The normalized spacial score (nSPS) is 23.2. The molecule has 14 heavy (non-hydrogen) atoms. The van der Waals surface area contributed by atoms with Crippen LogP contribution in [0.1, 0.15) is 27.2 Å². The molecule has 0 saturated carbocycles. The molecular formula is C10H18O3S. The highest BCUT2D eigenvalue weighted by atomic mass is 32.2. The van der Waals surface area contributed by atoms with Crippen molar-refractivity contribution < 1.29 is 14.3 Å². The van der Waals surface area contributed by atoms with Crippen LogP contribution in [0.25, 0.3) is 0 Å². The number of esters is 1. The van der Waals surface area contributed by atoms with E-state index in [1.807, 2.05) is 20.8 Å². The zero-order valence-corrected chi connectivity index (χ0v) is 9.86. The molecule has 0 aliphatic carbocycles. The SMILES string of the molecule is CCC(C)(C)C(=O)OC1CSCCO1. The van der Waals surface area contributed by atoms with Crippen molar-refractivity contribution >= 4 is 17.7 Å². The molecule has 0 amide bonds. The molecule has 0 aromatic carbocycles. The van der Waals surface area contributed by atoms with Crippen LogP contribution in [0.15, 0.2) is 0 Å². The van der Waals surface area contributed by atoms with Crippen LogP contribution >= 0.6 is 11.8 Å². The molecule has 1 aliphatic rings. The summed E-state index contributed by atoms with van der Waals surface area (Å²) in [5.41, 5.74) is -0.397. The van der Waals surface area contributed by atoms with E-state index in [0.29, 0.717) is 6.61 Å². The van der Waals surface area contributed by atoms with Crippen molar-refractivity contribution in [1.82, 2.24) is 0 Å². The lowest BCUT2D eigenvalue weighted by Gasteiger charge is -2.27. The highest BCUT2D eigenvalue weighted by Crippen LogP contribution is 2.24. The van der Waals surface area contributed by atoms with E-state index < -0.39 is 5.41 Å². The quantitative estimate of drug-likeness (QED) is 0.679. The molecule has 1 unspecified atom stereocenters. The summed E-state index contributed by atoms with van der Waals surface area (Å²) in [4.78, 5) is 11.7. The van der Waals surface area contributed by atoms with Crippen molar-refractivity contribution in [3.63, 3.8) is 0 Å². The smallest absolute Gasteiger partial charge is 0.313 e. The molecule has 1 atom stereocenters. The van der Waals surface area contributed by atoms with Crippen molar-refractivity contribution in [3.8, 4) is 0 Å². The summed E-state index contributed by atoms with van der Waals surface area (Å²) in [6.45, 7) is 6.45. The zero-order valence-electron chi connectivity index (χ0n) is 9.04. The van der Waals surface area contributed by atoms with Crippen molar-refractivity contribution in [2.24, 2.45) is 5.41 Å². The Morgan fingerprint density at radius 2 is 2.36 bits per heavy atom. The standard InChI is InChI=1S/C10H18O3S/c1-4-10(2,3)9(11)13-8-7-14-6-5-12-8/h8H,4-7H2,1-3H3. The van der Waals surface area contributed by atoms with Gasteiger partial charge in [0.25, 0.3) is 0 Å². The molecule has 1 saturated heterocycles. The van der Waals surface area contributed by atoms with E-state index in [1.165, 1.54) is 0 Å². The fraction of sp³-hybridized carbons (Fsp3) is 0.900. The van der Waals surface area contributed by atoms with E-state index in [9.17, 15) is 4.79 Å². The summed E-state index contributed by atoms with van der Waals surface area (Å²) in [6.07, 6.45) is 0.443. The predicted octanol–water partition coefficient (Wildman–Crippen LogP) is 2.06. The molecular weight excluding hydrogens is 200 g/mol. The van der Waals surface area contributed by atoms with E-state index >= 15 is 0 Å². The number of carbonyl (C=O) groups excluding carboxylic acids is 1. The lowest BCUT2D eigenvalue weighted by molar-refractivity contribution is -0.183. The Balaban J connectivity index is 2.39. The Morgan fingerprint density at radius 3 is 2.86 bits per heavy atom. The second kappa shape index (κ2) is 5.03. The van der Waals surface area contributed by atoms with E-state index in [0.717, 1.165) is 17.9 Å². The van der Waals surface area contributed by atoms with Crippen LogP contribution in [0.2, 0.25) is 0 Å². The number of hydrogen-bond donors (Lipinski definition) is 0. The van der Waals surface area contributed by atoms with Crippen molar-refractivity contribution in [2.45, 2.75) is 33.5 Å². The summed E-state index contributed by atoms with van der Waals surface area (Å²) in [6, 6.07) is 0. The Bertz CT molecular complexity index is 198. The number of ether oxygens (including phenoxy) is 2. The molecule has 0 spiro atoms. The molecule has 0 bridgehead atoms. The van der Waals surface area contributed by atoms with Crippen molar-refractivity contribution in [3.05, 3.63) is 0 Å². The van der Waals surface area contributed by atoms with Gasteiger partial charge in [-0.25, -0.2) is 0 Å². The van der Waals surface area contributed by atoms with Crippen molar-refractivity contribution in [1.29, 1.82) is 0 Å². The average Bonchev–Trinajstić information content (AvgIpc) is 2.19. The van der Waals surface area contributed by atoms with Gasteiger partial charge in [-0.05, 0) is 20.3 Å². The maximum Gasteiger partial charge on any atom is 0.313 e. The second-order valence-electron chi connectivity index (χ2n) is 4.02. The Hall–Kier alpha value is -0.220. The Morgan fingerprint density at radius 1 is 1.64 bits per heavy atom. The first-order valence-corrected chi connectivity index (χ1v) is 6.12. The monoisotopic (exact) mass is 218 g/mol. The minimum atomic E-state index is -0.397. The van der Waals surface area contributed by atoms with Gasteiger partial charge in [0.15, 0.2) is 0 Å². The third kappa shape index (κ3) is 3.17. The van der Waals surface area contributed by atoms with E-state index in [-0.39, 0.29) is 12.3 Å². The van der Waals surface area contributed by atoms with Crippen LogP contribution in [-0.4, -0.2) is 30.4 Å². The summed E-state index contributed by atoms with van der Waals surface area (Å²) >= 11 is 1.76. The molecule has 1 heterocycles. The van der Waals surface area contributed by atoms with Gasteiger partial charge in [0.1, 0.15) is 0 Å². The number of thioether (sulfide) groups is 1. The van der Waals surface area contributed by atoms with E-state index in [1.54, 1.807) is 11.8 Å². The van der Waals surface area contributed by atoms with Crippen LogP contribution < -0.4 is 0 Å². The van der Waals surface area contributed by atoms with Crippen LogP contribution in [-0.2, 0) is 14.3 Å². The lowest BCUT2D eigenvalue weighted by Crippen LogP contribution is -2.34. The number of hydrogen-bond acceptors (Lipinski definition) is 4. The molecule has 0 aromatic heterocycles. The van der Waals surface area contributed by atoms with Gasteiger partial charge in [0.05, 0.1) is 17.8 Å². The molecule has 1 fully saturated rings. The third-order valence-electron chi connectivity index (χ3n) is 2.46. The van der Waals surface area contributed by atoms with Gasteiger partial charge in [-0.15, -0.1) is 0 Å². The first-order valence-electron chi connectivity index (χ1n) is 4.96. The summed E-state index contributed by atoms with van der Waals surface area (Å²) < 4.78 is 10.6. The van der Waals surface area contributed by atoms with Gasteiger partial charge < -0.3 is 9.47 Å². The Kier molecular flexibility index (Phi) is 4.26. The highest BCUT2D eigenvalue weighted by Gasteiger charge is 2.30. The maximum atomic E-state index is 11.7. The van der Waals surface area contributed by atoms with Crippen molar-refractivity contribution in [2.75, 3.05) is 18.1 Å². The zero-order chi connectivity index (χ0) is 10.6. The van der Waals surface area contributed by atoms with Gasteiger partial charge in [-0.2, -0.15) is 11.8 Å². The lowest BCUT2D eigenvalue weighted by atomic mass is 9.91.